The Morgan fingerprint density at radius 2 is 2.12 bits per heavy atom. The van der Waals surface area contributed by atoms with E-state index < -0.39 is 5.97 Å². The van der Waals surface area contributed by atoms with Gasteiger partial charge in [-0.05, 0) is 13.8 Å². The van der Waals surface area contributed by atoms with Crippen LogP contribution in [0.2, 0.25) is 0 Å². The van der Waals surface area contributed by atoms with Crippen molar-refractivity contribution in [3.05, 3.63) is 24.3 Å². The SMILES string of the molecule is COC(=O)CN(C(=O)c1cnccn1)C(C)C. The summed E-state index contributed by atoms with van der Waals surface area (Å²) < 4.78 is 4.55. The quantitative estimate of drug-likeness (QED) is 0.713. The number of hydrogen-bond donors (Lipinski definition) is 0. The third-order valence-electron chi connectivity index (χ3n) is 2.19. The molecule has 1 aromatic heterocycles. The number of amides is 1. The Morgan fingerprint density at radius 1 is 1.41 bits per heavy atom. The molecule has 6 nitrogen and oxygen atoms in total. The van der Waals surface area contributed by atoms with Gasteiger partial charge in [0.05, 0.1) is 13.3 Å². The van der Waals surface area contributed by atoms with E-state index in [0.29, 0.717) is 0 Å². The van der Waals surface area contributed by atoms with Crippen molar-refractivity contribution in [1.29, 1.82) is 0 Å². The molecule has 0 aromatic carbocycles. The van der Waals surface area contributed by atoms with Crippen LogP contribution < -0.4 is 0 Å². The molecule has 0 bridgehead atoms. The van der Waals surface area contributed by atoms with E-state index in [2.05, 4.69) is 14.7 Å². The second-order valence-corrected chi connectivity index (χ2v) is 3.69. The Hall–Kier alpha value is -1.98. The van der Waals surface area contributed by atoms with Crippen LogP contribution in [0.25, 0.3) is 0 Å². The fraction of sp³-hybridized carbons (Fsp3) is 0.455. The maximum absolute atomic E-state index is 12.1. The molecule has 0 aliphatic rings. The van der Waals surface area contributed by atoms with Crippen molar-refractivity contribution in [2.75, 3.05) is 13.7 Å². The molecule has 92 valence electrons. The van der Waals surface area contributed by atoms with Gasteiger partial charge in [-0.15, -0.1) is 0 Å². The van der Waals surface area contributed by atoms with Crippen molar-refractivity contribution in [1.82, 2.24) is 14.9 Å². The molecule has 1 heterocycles. The average molecular weight is 237 g/mol. The highest BCUT2D eigenvalue weighted by molar-refractivity contribution is 5.94. The van der Waals surface area contributed by atoms with Crippen LogP contribution in [0.3, 0.4) is 0 Å². The summed E-state index contributed by atoms with van der Waals surface area (Å²) in [5, 5.41) is 0. The molecule has 0 unspecified atom stereocenters. The van der Waals surface area contributed by atoms with E-state index in [4.69, 9.17) is 0 Å². The number of hydrogen-bond acceptors (Lipinski definition) is 5. The van der Waals surface area contributed by atoms with Crippen molar-refractivity contribution < 1.29 is 14.3 Å². The summed E-state index contributed by atoms with van der Waals surface area (Å²) in [6.07, 6.45) is 4.29. The van der Waals surface area contributed by atoms with E-state index in [0.717, 1.165) is 0 Å². The first-order chi connectivity index (χ1) is 8.06. The molecule has 1 rings (SSSR count). The van der Waals surface area contributed by atoms with Gasteiger partial charge >= 0.3 is 5.97 Å². The van der Waals surface area contributed by atoms with Gasteiger partial charge in [-0.2, -0.15) is 0 Å². The molecule has 6 heteroatoms. The molecule has 1 amide bonds. The maximum Gasteiger partial charge on any atom is 0.325 e. The number of esters is 1. The standard InChI is InChI=1S/C11H15N3O3/c1-8(2)14(7-10(15)17-3)11(16)9-6-12-4-5-13-9/h4-6,8H,7H2,1-3H3. The summed E-state index contributed by atoms with van der Waals surface area (Å²) in [5.41, 5.74) is 0.213. The molecular weight excluding hydrogens is 222 g/mol. The highest BCUT2D eigenvalue weighted by Crippen LogP contribution is 2.05. The number of aromatic nitrogens is 2. The van der Waals surface area contributed by atoms with Crippen molar-refractivity contribution in [2.24, 2.45) is 0 Å². The fourth-order valence-electron chi connectivity index (χ4n) is 1.25. The summed E-state index contributed by atoms with van der Waals surface area (Å²) in [4.78, 5) is 32.4. The summed E-state index contributed by atoms with van der Waals surface area (Å²) in [5.74, 6) is -0.797. The molecule has 0 radical (unpaired) electrons. The highest BCUT2D eigenvalue weighted by Gasteiger charge is 2.22. The molecule has 0 saturated carbocycles. The summed E-state index contributed by atoms with van der Waals surface area (Å²) in [6.45, 7) is 3.54. The van der Waals surface area contributed by atoms with Crippen LogP contribution in [0.5, 0.6) is 0 Å². The first kappa shape index (κ1) is 13.1. The summed E-state index contributed by atoms with van der Waals surface area (Å²) in [7, 11) is 1.29. The molecule has 1 aromatic rings. The Bertz CT molecular complexity index is 392. The van der Waals surface area contributed by atoms with Crippen LogP contribution in [0, 0.1) is 0 Å². The monoisotopic (exact) mass is 237 g/mol. The lowest BCUT2D eigenvalue weighted by Gasteiger charge is -2.24. The van der Waals surface area contributed by atoms with Crippen LogP contribution >= 0.6 is 0 Å². The predicted octanol–water partition coefficient (Wildman–Crippen LogP) is 0.500. The largest absolute Gasteiger partial charge is 0.468 e. The van der Waals surface area contributed by atoms with Crippen molar-refractivity contribution in [3.8, 4) is 0 Å². The molecule has 0 N–H and O–H groups in total. The summed E-state index contributed by atoms with van der Waals surface area (Å²) in [6, 6.07) is -0.122. The number of carbonyl (C=O) groups excluding carboxylic acids is 2. The smallest absolute Gasteiger partial charge is 0.325 e. The Morgan fingerprint density at radius 3 is 2.59 bits per heavy atom. The van der Waals surface area contributed by atoms with E-state index in [1.54, 1.807) is 0 Å². The van der Waals surface area contributed by atoms with Gasteiger partial charge in [-0.3, -0.25) is 14.6 Å². The number of methoxy groups -OCH3 is 1. The van der Waals surface area contributed by atoms with Gasteiger partial charge in [-0.25, -0.2) is 4.98 Å². The van der Waals surface area contributed by atoms with Crippen LogP contribution in [0.15, 0.2) is 18.6 Å². The average Bonchev–Trinajstić information content (AvgIpc) is 2.35. The van der Waals surface area contributed by atoms with Gasteiger partial charge in [0.15, 0.2) is 0 Å². The minimum atomic E-state index is -0.462. The Balaban J connectivity index is 2.85. The molecular formula is C11H15N3O3. The van der Waals surface area contributed by atoms with Crippen molar-refractivity contribution >= 4 is 11.9 Å². The lowest BCUT2D eigenvalue weighted by Crippen LogP contribution is -2.41. The lowest BCUT2D eigenvalue weighted by molar-refractivity contribution is -0.141. The minimum Gasteiger partial charge on any atom is -0.468 e. The molecule has 0 aliphatic heterocycles. The number of nitrogens with zero attached hydrogens (tertiary/aromatic N) is 3. The second-order valence-electron chi connectivity index (χ2n) is 3.69. The first-order valence-corrected chi connectivity index (χ1v) is 5.20. The Labute approximate surface area is 99.6 Å². The van der Waals surface area contributed by atoms with Crippen molar-refractivity contribution in [3.63, 3.8) is 0 Å². The molecule has 0 atom stereocenters. The topological polar surface area (TPSA) is 72.4 Å². The van der Waals surface area contributed by atoms with Gasteiger partial charge in [0.1, 0.15) is 12.2 Å². The van der Waals surface area contributed by atoms with Gasteiger partial charge in [0.2, 0.25) is 0 Å². The third kappa shape index (κ3) is 3.51. The highest BCUT2D eigenvalue weighted by atomic mass is 16.5. The van der Waals surface area contributed by atoms with E-state index in [-0.39, 0.29) is 24.2 Å². The third-order valence-corrected chi connectivity index (χ3v) is 2.19. The van der Waals surface area contributed by atoms with Crippen LogP contribution in [0.1, 0.15) is 24.3 Å². The van der Waals surface area contributed by atoms with Gasteiger partial charge in [0.25, 0.3) is 5.91 Å². The zero-order chi connectivity index (χ0) is 12.8. The van der Waals surface area contributed by atoms with E-state index in [1.807, 2.05) is 13.8 Å². The molecule has 0 fully saturated rings. The molecule has 17 heavy (non-hydrogen) atoms. The van der Waals surface area contributed by atoms with E-state index >= 15 is 0 Å². The van der Waals surface area contributed by atoms with Crippen LogP contribution in [-0.4, -0.2) is 46.4 Å². The zero-order valence-corrected chi connectivity index (χ0v) is 10.1. The fourth-order valence-corrected chi connectivity index (χ4v) is 1.25. The first-order valence-electron chi connectivity index (χ1n) is 5.20. The molecule has 0 spiro atoms. The van der Waals surface area contributed by atoms with Gasteiger partial charge < -0.3 is 9.64 Å². The lowest BCUT2D eigenvalue weighted by atomic mass is 10.2. The van der Waals surface area contributed by atoms with Crippen LogP contribution in [-0.2, 0) is 9.53 Å². The Kier molecular flexibility index (Phi) is 4.56. The van der Waals surface area contributed by atoms with Crippen molar-refractivity contribution in [2.45, 2.75) is 19.9 Å². The molecule has 0 aliphatic carbocycles. The predicted molar refractivity (Wildman–Crippen MR) is 60.2 cm³/mol. The zero-order valence-electron chi connectivity index (χ0n) is 10.1. The number of carbonyl (C=O) groups is 2. The number of rotatable bonds is 4. The minimum absolute atomic E-state index is 0.0937. The van der Waals surface area contributed by atoms with Gasteiger partial charge in [-0.1, -0.05) is 0 Å². The van der Waals surface area contributed by atoms with E-state index in [1.165, 1.54) is 30.6 Å². The second kappa shape index (κ2) is 5.93. The van der Waals surface area contributed by atoms with Crippen LogP contribution in [0.4, 0.5) is 0 Å². The number of ether oxygens (including phenoxy) is 1. The normalized spacial score (nSPS) is 10.1. The summed E-state index contributed by atoms with van der Waals surface area (Å²) >= 11 is 0. The molecule has 0 saturated heterocycles. The maximum atomic E-state index is 12.1. The van der Waals surface area contributed by atoms with Gasteiger partial charge in [0, 0.05) is 18.4 Å². The van der Waals surface area contributed by atoms with E-state index in [9.17, 15) is 9.59 Å².